The largest absolute Gasteiger partial charge is 0.463 e. The highest BCUT2D eigenvalue weighted by molar-refractivity contribution is 6.06. The van der Waals surface area contributed by atoms with Crippen LogP contribution in [0, 0.1) is 11.8 Å². The van der Waals surface area contributed by atoms with E-state index in [1.165, 1.54) is 0 Å². The first kappa shape index (κ1) is 11.3. The molecule has 1 aliphatic carbocycles. The van der Waals surface area contributed by atoms with E-state index in [1.54, 1.807) is 6.26 Å². The Morgan fingerprint density at radius 2 is 2.17 bits per heavy atom. The van der Waals surface area contributed by atoms with Crippen LogP contribution in [0.5, 0.6) is 0 Å². The monoisotopic (exact) mass is 243 g/mol. The lowest BCUT2D eigenvalue weighted by Crippen LogP contribution is -2.27. The number of nitrogens with one attached hydrogen (secondary N) is 1. The van der Waals surface area contributed by atoms with E-state index in [1.807, 2.05) is 24.3 Å². The molecule has 1 heterocycles. The summed E-state index contributed by atoms with van der Waals surface area (Å²) < 4.78 is 5.39. The predicted octanol–water partition coefficient (Wildman–Crippen LogP) is 3.21. The first-order valence-corrected chi connectivity index (χ1v) is 6.44. The van der Waals surface area contributed by atoms with Crippen LogP contribution in [0.4, 0.5) is 0 Å². The minimum Gasteiger partial charge on any atom is -0.463 e. The number of para-hydroxylation sites is 1. The second-order valence-corrected chi connectivity index (χ2v) is 5.37. The van der Waals surface area contributed by atoms with Gasteiger partial charge in [0, 0.05) is 11.4 Å². The Kier molecular flexibility index (Phi) is 2.62. The van der Waals surface area contributed by atoms with Crippen LogP contribution in [0.15, 0.2) is 34.9 Å². The van der Waals surface area contributed by atoms with Crippen molar-refractivity contribution in [3.8, 4) is 0 Å². The van der Waals surface area contributed by atoms with E-state index in [4.69, 9.17) is 4.42 Å². The molecule has 3 nitrogen and oxygen atoms in total. The van der Waals surface area contributed by atoms with E-state index in [9.17, 15) is 4.79 Å². The van der Waals surface area contributed by atoms with Crippen molar-refractivity contribution < 1.29 is 9.21 Å². The lowest BCUT2D eigenvalue weighted by Gasteiger charge is -2.05. The average Bonchev–Trinajstić information content (AvgIpc) is 2.99. The molecule has 3 heteroatoms. The van der Waals surface area contributed by atoms with E-state index in [2.05, 4.69) is 19.2 Å². The third kappa shape index (κ3) is 1.90. The molecule has 1 saturated carbocycles. The first-order valence-electron chi connectivity index (χ1n) is 6.44. The van der Waals surface area contributed by atoms with E-state index in [0.717, 1.165) is 17.4 Å². The van der Waals surface area contributed by atoms with Crippen molar-refractivity contribution in [2.24, 2.45) is 11.8 Å². The Bertz CT molecular complexity index is 585. The van der Waals surface area contributed by atoms with Crippen LogP contribution in [-0.4, -0.2) is 11.9 Å². The SMILES string of the molecule is CC(C)[C@@H]1C[C@H]1NC(=O)c1coc2ccccc12. The molecule has 1 amide bonds. The van der Waals surface area contributed by atoms with Gasteiger partial charge in [0.15, 0.2) is 0 Å². The standard InChI is InChI=1S/C15H17NO2/c1-9(2)11-7-13(11)16-15(17)12-8-18-14-6-4-3-5-10(12)14/h3-6,8-9,11,13H,7H2,1-2H3,(H,16,17)/t11-,13+/m0/s1. The molecule has 0 unspecified atom stereocenters. The van der Waals surface area contributed by atoms with Crippen LogP contribution in [0.25, 0.3) is 11.0 Å². The molecule has 2 aromatic rings. The summed E-state index contributed by atoms with van der Waals surface area (Å²) in [5, 5.41) is 3.97. The molecule has 0 bridgehead atoms. The van der Waals surface area contributed by atoms with Gasteiger partial charge in [-0.15, -0.1) is 0 Å². The fourth-order valence-corrected chi connectivity index (χ4v) is 2.52. The van der Waals surface area contributed by atoms with E-state index in [-0.39, 0.29) is 5.91 Å². The minimum atomic E-state index is -0.0203. The van der Waals surface area contributed by atoms with Crippen molar-refractivity contribution in [1.29, 1.82) is 0 Å². The zero-order valence-corrected chi connectivity index (χ0v) is 10.6. The van der Waals surface area contributed by atoms with Crippen LogP contribution < -0.4 is 5.32 Å². The van der Waals surface area contributed by atoms with Crippen molar-refractivity contribution in [2.75, 3.05) is 0 Å². The normalized spacial score (nSPS) is 22.4. The smallest absolute Gasteiger partial charge is 0.255 e. The van der Waals surface area contributed by atoms with Crippen LogP contribution in [0.1, 0.15) is 30.6 Å². The minimum absolute atomic E-state index is 0.0203. The van der Waals surface area contributed by atoms with Crippen molar-refractivity contribution in [2.45, 2.75) is 26.3 Å². The maximum atomic E-state index is 12.2. The molecule has 0 saturated heterocycles. The fourth-order valence-electron chi connectivity index (χ4n) is 2.52. The quantitative estimate of drug-likeness (QED) is 0.899. The summed E-state index contributed by atoms with van der Waals surface area (Å²) in [7, 11) is 0. The molecule has 18 heavy (non-hydrogen) atoms. The van der Waals surface area contributed by atoms with Crippen molar-refractivity contribution in [1.82, 2.24) is 5.32 Å². The Balaban J connectivity index is 1.77. The van der Waals surface area contributed by atoms with Gasteiger partial charge in [-0.05, 0) is 24.3 Å². The number of amides is 1. The molecule has 2 atom stereocenters. The third-order valence-electron chi connectivity index (χ3n) is 3.74. The number of furan rings is 1. The highest BCUT2D eigenvalue weighted by Crippen LogP contribution is 2.37. The number of carbonyl (C=O) groups excluding carboxylic acids is 1. The number of hydrogen-bond donors (Lipinski definition) is 1. The molecule has 0 aliphatic heterocycles. The molecular weight excluding hydrogens is 226 g/mol. The molecule has 1 aromatic heterocycles. The molecule has 3 rings (SSSR count). The molecule has 1 fully saturated rings. The van der Waals surface area contributed by atoms with Crippen LogP contribution in [0.2, 0.25) is 0 Å². The molecule has 1 N–H and O–H groups in total. The van der Waals surface area contributed by atoms with Gasteiger partial charge < -0.3 is 9.73 Å². The zero-order chi connectivity index (χ0) is 12.7. The van der Waals surface area contributed by atoms with E-state index >= 15 is 0 Å². The predicted molar refractivity (Wildman–Crippen MR) is 70.4 cm³/mol. The molecule has 1 aliphatic rings. The number of rotatable bonds is 3. The summed E-state index contributed by atoms with van der Waals surface area (Å²) in [5.41, 5.74) is 1.40. The second-order valence-electron chi connectivity index (χ2n) is 5.37. The zero-order valence-electron chi connectivity index (χ0n) is 10.6. The highest BCUT2D eigenvalue weighted by Gasteiger charge is 2.40. The maximum Gasteiger partial charge on any atom is 0.255 e. The molecular formula is C15H17NO2. The Morgan fingerprint density at radius 3 is 2.89 bits per heavy atom. The summed E-state index contributed by atoms with van der Waals surface area (Å²) in [6.07, 6.45) is 2.64. The fraction of sp³-hybridized carbons (Fsp3) is 0.400. The molecule has 0 radical (unpaired) electrons. The van der Waals surface area contributed by atoms with Gasteiger partial charge in [0.25, 0.3) is 5.91 Å². The number of carbonyl (C=O) groups is 1. The average molecular weight is 243 g/mol. The molecule has 0 spiro atoms. The third-order valence-corrected chi connectivity index (χ3v) is 3.74. The summed E-state index contributed by atoms with van der Waals surface area (Å²) in [6, 6.07) is 7.96. The van der Waals surface area contributed by atoms with Crippen LogP contribution >= 0.6 is 0 Å². The van der Waals surface area contributed by atoms with E-state index in [0.29, 0.717) is 23.4 Å². The number of fused-ring (bicyclic) bond motifs is 1. The lowest BCUT2D eigenvalue weighted by molar-refractivity contribution is 0.0949. The lowest BCUT2D eigenvalue weighted by atomic mass is 10.1. The van der Waals surface area contributed by atoms with Crippen LogP contribution in [0.3, 0.4) is 0 Å². The van der Waals surface area contributed by atoms with Gasteiger partial charge in [0.1, 0.15) is 11.8 Å². The summed E-state index contributed by atoms with van der Waals surface area (Å²) in [4.78, 5) is 12.2. The first-order chi connectivity index (χ1) is 8.66. The van der Waals surface area contributed by atoms with Gasteiger partial charge in [-0.1, -0.05) is 32.0 Å². The topological polar surface area (TPSA) is 42.2 Å². The molecule has 94 valence electrons. The Morgan fingerprint density at radius 1 is 1.39 bits per heavy atom. The highest BCUT2D eigenvalue weighted by atomic mass is 16.3. The summed E-state index contributed by atoms with van der Waals surface area (Å²) >= 11 is 0. The van der Waals surface area contributed by atoms with Crippen LogP contribution in [-0.2, 0) is 0 Å². The Hall–Kier alpha value is -1.77. The van der Waals surface area contributed by atoms with Crippen molar-refractivity contribution >= 4 is 16.9 Å². The molecule has 1 aromatic carbocycles. The van der Waals surface area contributed by atoms with E-state index < -0.39 is 0 Å². The van der Waals surface area contributed by atoms with Gasteiger partial charge in [-0.3, -0.25) is 4.79 Å². The van der Waals surface area contributed by atoms with Crippen molar-refractivity contribution in [3.63, 3.8) is 0 Å². The Labute approximate surface area is 106 Å². The summed E-state index contributed by atoms with van der Waals surface area (Å²) in [5.74, 6) is 1.25. The maximum absolute atomic E-state index is 12.2. The number of hydrogen-bond acceptors (Lipinski definition) is 2. The number of benzene rings is 1. The van der Waals surface area contributed by atoms with Crippen molar-refractivity contribution in [3.05, 3.63) is 36.1 Å². The van der Waals surface area contributed by atoms with Gasteiger partial charge in [0.05, 0.1) is 5.56 Å². The van der Waals surface area contributed by atoms with Gasteiger partial charge in [-0.25, -0.2) is 0 Å². The van der Waals surface area contributed by atoms with Gasteiger partial charge in [0.2, 0.25) is 0 Å². The van der Waals surface area contributed by atoms with Gasteiger partial charge >= 0.3 is 0 Å². The second kappa shape index (κ2) is 4.16. The van der Waals surface area contributed by atoms with Gasteiger partial charge in [-0.2, -0.15) is 0 Å². The summed E-state index contributed by atoms with van der Waals surface area (Å²) in [6.45, 7) is 4.40.